The van der Waals surface area contributed by atoms with Gasteiger partial charge in [0.15, 0.2) is 0 Å². The zero-order valence-corrected chi connectivity index (χ0v) is 15.5. The summed E-state index contributed by atoms with van der Waals surface area (Å²) in [6.45, 7) is 1.78. The SMILES string of the molecule is COc1ccc(OC)c(C(=O)Nc2cc(C)nn2-c2ccc([N+](=O)[O-])cc2)c1. The Bertz CT molecular complexity index is 1030. The van der Waals surface area contributed by atoms with E-state index in [1.165, 1.54) is 31.0 Å². The zero-order chi connectivity index (χ0) is 20.3. The number of anilines is 1. The number of rotatable bonds is 6. The van der Waals surface area contributed by atoms with Crippen molar-refractivity contribution in [2.24, 2.45) is 0 Å². The van der Waals surface area contributed by atoms with Crippen LogP contribution in [0.2, 0.25) is 0 Å². The molecule has 0 fully saturated rings. The number of ether oxygens (including phenoxy) is 2. The van der Waals surface area contributed by atoms with Gasteiger partial charge in [-0.25, -0.2) is 4.68 Å². The van der Waals surface area contributed by atoms with Gasteiger partial charge in [-0.3, -0.25) is 14.9 Å². The lowest BCUT2D eigenvalue weighted by molar-refractivity contribution is -0.384. The van der Waals surface area contributed by atoms with Crippen LogP contribution in [0.4, 0.5) is 11.5 Å². The van der Waals surface area contributed by atoms with Crippen LogP contribution in [0.3, 0.4) is 0 Å². The van der Waals surface area contributed by atoms with Crippen molar-refractivity contribution >= 4 is 17.4 Å². The van der Waals surface area contributed by atoms with Crippen molar-refractivity contribution in [3.8, 4) is 17.2 Å². The standard InChI is InChI=1S/C19H18N4O5/c1-12-10-18(22(21-12)13-4-6-14(7-5-13)23(25)26)20-19(24)16-11-15(27-2)8-9-17(16)28-3/h4-11H,1-3H3,(H,20,24). The number of aromatic nitrogens is 2. The fraction of sp³-hybridized carbons (Fsp3) is 0.158. The number of methoxy groups -OCH3 is 2. The number of aryl methyl sites for hydroxylation is 1. The molecule has 0 unspecified atom stereocenters. The molecule has 3 aromatic rings. The summed E-state index contributed by atoms with van der Waals surface area (Å²) < 4.78 is 11.9. The van der Waals surface area contributed by atoms with E-state index in [0.717, 1.165) is 0 Å². The maximum atomic E-state index is 12.8. The largest absolute Gasteiger partial charge is 0.497 e. The predicted octanol–water partition coefficient (Wildman–Crippen LogP) is 3.36. The van der Waals surface area contributed by atoms with Crippen molar-refractivity contribution in [2.75, 3.05) is 19.5 Å². The Morgan fingerprint density at radius 1 is 1.11 bits per heavy atom. The smallest absolute Gasteiger partial charge is 0.269 e. The second-order valence-electron chi connectivity index (χ2n) is 5.88. The Kier molecular flexibility index (Phi) is 5.25. The molecule has 0 atom stereocenters. The zero-order valence-electron chi connectivity index (χ0n) is 15.5. The molecule has 9 nitrogen and oxygen atoms in total. The third-order valence-electron chi connectivity index (χ3n) is 4.03. The Hall–Kier alpha value is -3.88. The van der Waals surface area contributed by atoms with E-state index < -0.39 is 10.8 Å². The summed E-state index contributed by atoms with van der Waals surface area (Å²) in [5, 5.41) is 18.0. The number of amides is 1. The number of nitrogens with zero attached hydrogens (tertiary/aromatic N) is 3. The topological polar surface area (TPSA) is 109 Å². The fourth-order valence-corrected chi connectivity index (χ4v) is 2.68. The van der Waals surface area contributed by atoms with Crippen LogP contribution in [0.15, 0.2) is 48.5 Å². The molecule has 0 aliphatic rings. The van der Waals surface area contributed by atoms with E-state index in [1.807, 2.05) is 0 Å². The molecule has 0 saturated carbocycles. The quantitative estimate of drug-likeness (QED) is 0.517. The average molecular weight is 382 g/mol. The van der Waals surface area contributed by atoms with Crippen LogP contribution in [0, 0.1) is 17.0 Å². The van der Waals surface area contributed by atoms with E-state index in [-0.39, 0.29) is 5.69 Å². The summed E-state index contributed by atoms with van der Waals surface area (Å²) in [7, 11) is 2.99. The number of hydrogen-bond acceptors (Lipinski definition) is 6. The van der Waals surface area contributed by atoms with Crippen molar-refractivity contribution in [2.45, 2.75) is 6.92 Å². The summed E-state index contributed by atoms with van der Waals surface area (Å²) in [6.07, 6.45) is 0. The van der Waals surface area contributed by atoms with Crippen LogP contribution >= 0.6 is 0 Å². The number of carbonyl (C=O) groups excluding carboxylic acids is 1. The van der Waals surface area contributed by atoms with Gasteiger partial charge in [0.2, 0.25) is 0 Å². The fourth-order valence-electron chi connectivity index (χ4n) is 2.68. The predicted molar refractivity (Wildman–Crippen MR) is 102 cm³/mol. The molecule has 0 radical (unpaired) electrons. The van der Waals surface area contributed by atoms with Gasteiger partial charge in [-0.05, 0) is 37.3 Å². The highest BCUT2D eigenvalue weighted by molar-refractivity contribution is 6.06. The van der Waals surface area contributed by atoms with E-state index in [2.05, 4.69) is 10.4 Å². The third-order valence-corrected chi connectivity index (χ3v) is 4.03. The summed E-state index contributed by atoms with van der Waals surface area (Å²) in [6, 6.07) is 12.5. The second kappa shape index (κ2) is 7.78. The monoisotopic (exact) mass is 382 g/mol. The van der Waals surface area contributed by atoms with E-state index in [0.29, 0.717) is 34.3 Å². The highest BCUT2D eigenvalue weighted by Gasteiger charge is 2.17. The van der Waals surface area contributed by atoms with Gasteiger partial charge in [-0.1, -0.05) is 0 Å². The molecule has 1 heterocycles. The normalized spacial score (nSPS) is 10.4. The van der Waals surface area contributed by atoms with Crippen molar-refractivity contribution in [3.05, 3.63) is 69.9 Å². The van der Waals surface area contributed by atoms with Gasteiger partial charge < -0.3 is 14.8 Å². The van der Waals surface area contributed by atoms with Crippen LogP contribution in [0.5, 0.6) is 11.5 Å². The van der Waals surface area contributed by atoms with Gasteiger partial charge in [0.05, 0.1) is 36.1 Å². The molecule has 0 bridgehead atoms. The Balaban J connectivity index is 1.94. The van der Waals surface area contributed by atoms with Gasteiger partial charge >= 0.3 is 0 Å². The minimum Gasteiger partial charge on any atom is -0.497 e. The molecule has 144 valence electrons. The Morgan fingerprint density at radius 3 is 2.43 bits per heavy atom. The summed E-state index contributed by atoms with van der Waals surface area (Å²) in [5.74, 6) is 0.933. The molecule has 2 aromatic carbocycles. The maximum Gasteiger partial charge on any atom is 0.269 e. The van der Waals surface area contributed by atoms with Crippen LogP contribution in [0.1, 0.15) is 16.1 Å². The molecule has 1 N–H and O–H groups in total. The van der Waals surface area contributed by atoms with E-state index in [1.54, 1.807) is 43.3 Å². The highest BCUT2D eigenvalue weighted by atomic mass is 16.6. The first kappa shape index (κ1) is 18.9. The number of hydrogen-bond donors (Lipinski definition) is 1. The molecule has 9 heteroatoms. The minimum absolute atomic E-state index is 0.0284. The van der Waals surface area contributed by atoms with Crippen LogP contribution < -0.4 is 14.8 Å². The molecular weight excluding hydrogens is 364 g/mol. The van der Waals surface area contributed by atoms with Crippen LogP contribution in [-0.4, -0.2) is 34.8 Å². The van der Waals surface area contributed by atoms with Crippen LogP contribution in [0.25, 0.3) is 5.69 Å². The Morgan fingerprint density at radius 2 is 1.82 bits per heavy atom. The van der Waals surface area contributed by atoms with Gasteiger partial charge in [0.1, 0.15) is 17.3 Å². The molecular formula is C19H18N4O5. The maximum absolute atomic E-state index is 12.8. The molecule has 0 saturated heterocycles. The van der Waals surface area contributed by atoms with E-state index in [4.69, 9.17) is 9.47 Å². The van der Waals surface area contributed by atoms with E-state index >= 15 is 0 Å². The first-order valence-corrected chi connectivity index (χ1v) is 8.28. The van der Waals surface area contributed by atoms with E-state index in [9.17, 15) is 14.9 Å². The lowest BCUT2D eigenvalue weighted by atomic mass is 10.1. The lowest BCUT2D eigenvalue weighted by Crippen LogP contribution is -2.16. The second-order valence-corrected chi connectivity index (χ2v) is 5.88. The number of carbonyl (C=O) groups is 1. The number of nitro groups is 1. The number of nitro benzene ring substituents is 1. The van der Waals surface area contributed by atoms with Crippen LogP contribution in [-0.2, 0) is 0 Å². The molecule has 3 rings (SSSR count). The van der Waals surface area contributed by atoms with Crippen molar-refractivity contribution in [1.82, 2.24) is 9.78 Å². The number of benzene rings is 2. The summed E-state index contributed by atoms with van der Waals surface area (Å²) in [4.78, 5) is 23.2. The highest BCUT2D eigenvalue weighted by Crippen LogP contribution is 2.26. The van der Waals surface area contributed by atoms with Crippen molar-refractivity contribution in [3.63, 3.8) is 0 Å². The first-order chi connectivity index (χ1) is 13.4. The van der Waals surface area contributed by atoms with Crippen molar-refractivity contribution < 1.29 is 19.2 Å². The first-order valence-electron chi connectivity index (χ1n) is 8.28. The molecule has 28 heavy (non-hydrogen) atoms. The third kappa shape index (κ3) is 3.78. The molecule has 1 amide bonds. The van der Waals surface area contributed by atoms with Gasteiger partial charge in [0.25, 0.3) is 11.6 Å². The number of non-ortho nitro benzene ring substituents is 1. The lowest BCUT2D eigenvalue weighted by Gasteiger charge is -2.12. The molecule has 1 aromatic heterocycles. The average Bonchev–Trinajstić information content (AvgIpc) is 3.07. The molecule has 0 aliphatic heterocycles. The van der Waals surface area contributed by atoms with Crippen molar-refractivity contribution in [1.29, 1.82) is 0 Å². The van der Waals surface area contributed by atoms with Gasteiger partial charge in [0, 0.05) is 18.2 Å². The summed E-state index contributed by atoms with van der Waals surface area (Å²) >= 11 is 0. The van der Waals surface area contributed by atoms with Gasteiger partial charge in [-0.2, -0.15) is 5.10 Å². The Labute approximate surface area is 160 Å². The molecule has 0 aliphatic carbocycles. The minimum atomic E-state index is -0.476. The number of nitrogens with one attached hydrogen (secondary N) is 1. The molecule has 0 spiro atoms. The summed E-state index contributed by atoms with van der Waals surface area (Å²) in [5.41, 5.74) is 1.52. The van der Waals surface area contributed by atoms with Gasteiger partial charge in [-0.15, -0.1) is 0 Å².